The Morgan fingerprint density at radius 1 is 0.955 bits per heavy atom. The summed E-state index contributed by atoms with van der Waals surface area (Å²) in [6, 6.07) is 0.0184. The molecule has 1 rings (SSSR count). The SMILES string of the molecule is CCC(C)Nc1c(N)c(N)c(C(C)(C)C(F)(F)F)c(N)c1N. The Labute approximate surface area is 128 Å². The lowest BCUT2D eigenvalue weighted by Crippen LogP contribution is -2.38. The van der Waals surface area contributed by atoms with Gasteiger partial charge in [-0.25, -0.2) is 0 Å². The molecule has 1 aromatic carbocycles. The molecule has 126 valence electrons. The van der Waals surface area contributed by atoms with Crippen LogP contribution in [0.3, 0.4) is 0 Å². The fraction of sp³-hybridized carbons (Fsp3) is 0.571. The van der Waals surface area contributed by atoms with Gasteiger partial charge in [0.15, 0.2) is 0 Å². The predicted molar refractivity (Wildman–Crippen MR) is 86.5 cm³/mol. The maximum absolute atomic E-state index is 13.3. The zero-order valence-electron chi connectivity index (χ0n) is 13.2. The van der Waals surface area contributed by atoms with Gasteiger partial charge in [0.1, 0.15) is 0 Å². The van der Waals surface area contributed by atoms with E-state index in [-0.39, 0.29) is 40.0 Å². The number of nitrogen functional groups attached to an aromatic ring is 4. The van der Waals surface area contributed by atoms with Gasteiger partial charge < -0.3 is 28.3 Å². The van der Waals surface area contributed by atoms with Crippen LogP contribution in [0.25, 0.3) is 0 Å². The van der Waals surface area contributed by atoms with Crippen LogP contribution in [-0.4, -0.2) is 12.2 Å². The van der Waals surface area contributed by atoms with Crippen LogP contribution in [0.4, 0.5) is 41.6 Å². The Morgan fingerprint density at radius 2 is 1.36 bits per heavy atom. The standard InChI is InChI=1S/C14H24F3N5/c1-5-6(2)22-12-10(20)8(18)7(9(19)11(12)21)13(3,4)14(15,16)17/h6,22H,5,18-21H2,1-4H3. The van der Waals surface area contributed by atoms with Crippen LogP contribution in [0.15, 0.2) is 0 Å². The Morgan fingerprint density at radius 3 is 1.68 bits per heavy atom. The van der Waals surface area contributed by atoms with Crippen molar-refractivity contribution >= 4 is 28.4 Å². The van der Waals surface area contributed by atoms with Crippen molar-refractivity contribution in [2.24, 2.45) is 0 Å². The molecule has 9 N–H and O–H groups in total. The quantitative estimate of drug-likeness (QED) is 0.547. The lowest BCUT2D eigenvalue weighted by molar-refractivity contribution is -0.179. The number of rotatable bonds is 4. The van der Waals surface area contributed by atoms with Crippen molar-refractivity contribution in [3.05, 3.63) is 5.56 Å². The first kappa shape index (κ1) is 18.1. The summed E-state index contributed by atoms with van der Waals surface area (Å²) in [5.41, 5.74) is 20.8. The van der Waals surface area contributed by atoms with E-state index in [0.717, 1.165) is 20.3 Å². The van der Waals surface area contributed by atoms with Gasteiger partial charge in [-0.1, -0.05) is 6.92 Å². The second-order valence-corrected chi connectivity index (χ2v) is 5.98. The molecule has 1 atom stereocenters. The smallest absolute Gasteiger partial charge is 0.397 e. The summed E-state index contributed by atoms with van der Waals surface area (Å²) in [5, 5.41) is 3.04. The Kier molecular flexibility index (Phi) is 4.65. The van der Waals surface area contributed by atoms with E-state index >= 15 is 0 Å². The maximum Gasteiger partial charge on any atom is 0.398 e. The van der Waals surface area contributed by atoms with Gasteiger partial charge in [0.2, 0.25) is 0 Å². The van der Waals surface area contributed by atoms with Crippen LogP contribution < -0.4 is 28.3 Å². The maximum atomic E-state index is 13.3. The molecule has 0 aliphatic rings. The number of nitrogens with one attached hydrogen (secondary N) is 1. The van der Waals surface area contributed by atoms with Gasteiger partial charge in [0.05, 0.1) is 33.9 Å². The highest BCUT2D eigenvalue weighted by atomic mass is 19.4. The predicted octanol–water partition coefficient (Wildman–Crippen LogP) is 3.07. The third kappa shape index (κ3) is 2.82. The molecule has 5 nitrogen and oxygen atoms in total. The minimum Gasteiger partial charge on any atom is -0.397 e. The van der Waals surface area contributed by atoms with E-state index in [4.69, 9.17) is 22.9 Å². The third-order valence-corrected chi connectivity index (χ3v) is 3.99. The second-order valence-electron chi connectivity index (χ2n) is 5.98. The molecule has 1 aromatic rings. The lowest BCUT2D eigenvalue weighted by Gasteiger charge is -2.33. The molecule has 0 radical (unpaired) electrons. The van der Waals surface area contributed by atoms with E-state index in [0.29, 0.717) is 0 Å². The highest BCUT2D eigenvalue weighted by molar-refractivity contribution is 5.98. The normalized spacial score (nSPS) is 14.0. The summed E-state index contributed by atoms with van der Waals surface area (Å²) in [6.07, 6.45) is -3.77. The molecule has 0 aliphatic heterocycles. The Bertz CT molecular complexity index is 538. The van der Waals surface area contributed by atoms with Gasteiger partial charge in [-0.2, -0.15) is 13.2 Å². The van der Waals surface area contributed by atoms with Crippen LogP contribution in [0.2, 0.25) is 0 Å². The lowest BCUT2D eigenvalue weighted by atomic mass is 9.80. The first-order valence-corrected chi connectivity index (χ1v) is 6.95. The van der Waals surface area contributed by atoms with Crippen molar-refractivity contribution in [2.45, 2.75) is 51.7 Å². The topological polar surface area (TPSA) is 116 Å². The molecule has 0 saturated heterocycles. The largest absolute Gasteiger partial charge is 0.398 e. The minimum atomic E-state index is -4.54. The van der Waals surface area contributed by atoms with Gasteiger partial charge in [-0.3, -0.25) is 0 Å². The van der Waals surface area contributed by atoms with E-state index in [9.17, 15) is 13.2 Å². The molecule has 8 heteroatoms. The summed E-state index contributed by atoms with van der Waals surface area (Å²) in [7, 11) is 0. The van der Waals surface area contributed by atoms with Gasteiger partial charge in [-0.15, -0.1) is 0 Å². The van der Waals surface area contributed by atoms with Gasteiger partial charge >= 0.3 is 6.18 Å². The molecule has 0 spiro atoms. The van der Waals surface area contributed by atoms with E-state index in [1.165, 1.54) is 0 Å². The van der Waals surface area contributed by atoms with Crippen molar-refractivity contribution in [2.75, 3.05) is 28.3 Å². The summed E-state index contributed by atoms with van der Waals surface area (Å²) in [5.74, 6) is 0. The number of benzene rings is 1. The number of nitrogens with two attached hydrogens (primary N) is 4. The van der Waals surface area contributed by atoms with Crippen LogP contribution >= 0.6 is 0 Å². The molecule has 0 amide bonds. The molecule has 0 heterocycles. The first-order chi connectivity index (χ1) is 9.86. The molecule has 0 aromatic heterocycles. The van der Waals surface area contributed by atoms with E-state index < -0.39 is 11.6 Å². The van der Waals surface area contributed by atoms with E-state index in [1.54, 1.807) is 0 Å². The summed E-state index contributed by atoms with van der Waals surface area (Å²) in [6.45, 7) is 5.82. The molecule has 0 fully saturated rings. The number of hydrogen-bond donors (Lipinski definition) is 5. The molecule has 1 unspecified atom stereocenters. The number of alkyl halides is 3. The van der Waals surface area contributed by atoms with Crippen LogP contribution in [0.5, 0.6) is 0 Å². The van der Waals surface area contributed by atoms with Crippen molar-refractivity contribution in [3.8, 4) is 0 Å². The fourth-order valence-electron chi connectivity index (χ4n) is 2.15. The van der Waals surface area contributed by atoms with Crippen molar-refractivity contribution in [1.29, 1.82) is 0 Å². The molecule has 0 saturated carbocycles. The zero-order valence-corrected chi connectivity index (χ0v) is 13.2. The van der Waals surface area contributed by atoms with E-state index in [1.807, 2.05) is 13.8 Å². The first-order valence-electron chi connectivity index (χ1n) is 6.95. The molecular formula is C14H24F3N5. The van der Waals surface area contributed by atoms with Crippen molar-refractivity contribution in [3.63, 3.8) is 0 Å². The molecular weight excluding hydrogens is 295 g/mol. The van der Waals surface area contributed by atoms with Gasteiger partial charge in [0, 0.05) is 11.6 Å². The Balaban J connectivity index is 3.61. The highest BCUT2D eigenvalue weighted by Crippen LogP contribution is 2.51. The average molecular weight is 319 g/mol. The summed E-state index contributed by atoms with van der Waals surface area (Å²) in [4.78, 5) is 0. The Hall–Kier alpha value is -1.99. The van der Waals surface area contributed by atoms with Crippen LogP contribution in [-0.2, 0) is 5.41 Å². The minimum absolute atomic E-state index is 0.0145. The van der Waals surface area contributed by atoms with Crippen molar-refractivity contribution < 1.29 is 13.2 Å². The van der Waals surface area contributed by atoms with Crippen LogP contribution in [0, 0.1) is 0 Å². The van der Waals surface area contributed by atoms with Gasteiger partial charge in [0.25, 0.3) is 0 Å². The van der Waals surface area contributed by atoms with Crippen LogP contribution in [0.1, 0.15) is 39.7 Å². The summed E-state index contributed by atoms with van der Waals surface area (Å²) >= 11 is 0. The number of hydrogen-bond acceptors (Lipinski definition) is 5. The second kappa shape index (κ2) is 5.66. The fourth-order valence-corrected chi connectivity index (χ4v) is 2.15. The molecule has 22 heavy (non-hydrogen) atoms. The number of halogens is 3. The highest BCUT2D eigenvalue weighted by Gasteiger charge is 2.51. The molecule has 0 bridgehead atoms. The average Bonchev–Trinajstić information content (AvgIpc) is 2.39. The molecule has 0 aliphatic carbocycles. The van der Waals surface area contributed by atoms with Gasteiger partial charge in [-0.05, 0) is 27.2 Å². The van der Waals surface area contributed by atoms with E-state index in [2.05, 4.69) is 5.32 Å². The monoisotopic (exact) mass is 319 g/mol. The van der Waals surface area contributed by atoms with Crippen molar-refractivity contribution in [1.82, 2.24) is 0 Å². The third-order valence-electron chi connectivity index (χ3n) is 3.99. The zero-order chi connectivity index (χ0) is 17.5. The number of anilines is 5. The summed E-state index contributed by atoms with van der Waals surface area (Å²) < 4.78 is 39.9.